The van der Waals surface area contributed by atoms with Crippen LogP contribution >= 0.6 is 0 Å². The van der Waals surface area contributed by atoms with E-state index in [4.69, 9.17) is 10.5 Å². The van der Waals surface area contributed by atoms with E-state index in [2.05, 4.69) is 43.4 Å². The normalized spacial score (nSPS) is 14.6. The van der Waals surface area contributed by atoms with Crippen molar-refractivity contribution >= 4 is 0 Å². The van der Waals surface area contributed by atoms with Gasteiger partial charge in [-0.05, 0) is 38.7 Å². The lowest BCUT2D eigenvalue weighted by Crippen LogP contribution is -2.39. The van der Waals surface area contributed by atoms with Crippen molar-refractivity contribution in [1.82, 2.24) is 10.2 Å². The summed E-state index contributed by atoms with van der Waals surface area (Å²) in [5.41, 5.74) is 6.87. The van der Waals surface area contributed by atoms with E-state index in [1.54, 1.807) is 7.11 Å². The Morgan fingerprint density at radius 3 is 2.67 bits per heavy atom. The van der Waals surface area contributed by atoms with Crippen LogP contribution in [0.5, 0.6) is 5.75 Å². The molecule has 4 heteroatoms. The molecular formula is C14H25N3O. The number of hydrogen-bond donors (Lipinski definition) is 2. The van der Waals surface area contributed by atoms with Gasteiger partial charge in [-0.3, -0.25) is 0 Å². The number of nitrogens with zero attached hydrogens (tertiary/aromatic N) is 1. The maximum atomic E-state index is 5.62. The van der Waals surface area contributed by atoms with Gasteiger partial charge in [-0.1, -0.05) is 12.1 Å². The average Bonchev–Trinajstić information content (AvgIpc) is 2.38. The number of methoxy groups -OCH3 is 1. The van der Waals surface area contributed by atoms with E-state index >= 15 is 0 Å². The molecule has 1 aromatic carbocycles. The molecule has 1 aromatic rings. The smallest absolute Gasteiger partial charge is 0.119 e. The molecule has 0 saturated carbocycles. The summed E-state index contributed by atoms with van der Waals surface area (Å²) in [5, 5.41) is 3.44. The summed E-state index contributed by atoms with van der Waals surface area (Å²) in [6.07, 6.45) is 0. The van der Waals surface area contributed by atoms with Crippen LogP contribution in [0.4, 0.5) is 0 Å². The van der Waals surface area contributed by atoms with Crippen LogP contribution in [-0.4, -0.2) is 45.2 Å². The Morgan fingerprint density at radius 2 is 2.11 bits per heavy atom. The Bertz CT molecular complexity index is 355. The molecule has 4 nitrogen and oxygen atoms in total. The number of ether oxygens (including phenoxy) is 1. The first-order chi connectivity index (χ1) is 8.58. The predicted octanol–water partition coefficient (Wildman–Crippen LogP) is 1.23. The zero-order valence-corrected chi connectivity index (χ0v) is 11.8. The minimum Gasteiger partial charge on any atom is -0.497 e. The molecular weight excluding hydrogens is 226 g/mol. The fraction of sp³-hybridized carbons (Fsp3) is 0.571. The van der Waals surface area contributed by atoms with Crippen LogP contribution in [0.3, 0.4) is 0 Å². The van der Waals surface area contributed by atoms with Gasteiger partial charge in [-0.15, -0.1) is 0 Å². The number of rotatable bonds is 7. The topological polar surface area (TPSA) is 50.5 Å². The molecule has 2 unspecified atom stereocenters. The second-order valence-electron chi connectivity index (χ2n) is 4.80. The highest BCUT2D eigenvalue weighted by atomic mass is 16.5. The number of benzene rings is 1. The first kappa shape index (κ1) is 15.0. The zero-order chi connectivity index (χ0) is 13.5. The van der Waals surface area contributed by atoms with E-state index in [-0.39, 0.29) is 0 Å². The Balaban J connectivity index is 2.77. The average molecular weight is 251 g/mol. The molecule has 18 heavy (non-hydrogen) atoms. The third-order valence-electron chi connectivity index (χ3n) is 3.12. The summed E-state index contributed by atoms with van der Waals surface area (Å²) in [7, 11) is 5.86. The molecule has 0 saturated heterocycles. The molecule has 0 aliphatic heterocycles. The highest BCUT2D eigenvalue weighted by molar-refractivity contribution is 5.30. The van der Waals surface area contributed by atoms with Crippen LogP contribution in [0.25, 0.3) is 0 Å². The molecule has 0 aromatic heterocycles. The van der Waals surface area contributed by atoms with Crippen molar-refractivity contribution in [3.63, 3.8) is 0 Å². The number of nitrogens with two attached hydrogens (primary N) is 1. The lowest BCUT2D eigenvalue weighted by atomic mass is 10.1. The molecule has 2 atom stereocenters. The van der Waals surface area contributed by atoms with E-state index in [1.165, 1.54) is 5.56 Å². The van der Waals surface area contributed by atoms with Crippen LogP contribution in [0.1, 0.15) is 18.5 Å². The molecule has 0 radical (unpaired) electrons. The maximum Gasteiger partial charge on any atom is 0.119 e. The Kier molecular flexibility index (Phi) is 6.12. The maximum absolute atomic E-state index is 5.62. The Labute approximate surface area is 110 Å². The predicted molar refractivity (Wildman–Crippen MR) is 75.9 cm³/mol. The van der Waals surface area contributed by atoms with Gasteiger partial charge in [-0.2, -0.15) is 0 Å². The Morgan fingerprint density at radius 1 is 1.39 bits per heavy atom. The second-order valence-corrected chi connectivity index (χ2v) is 4.80. The number of likely N-dealkylation sites (N-methyl/N-ethyl adjacent to an activating group) is 1. The fourth-order valence-corrected chi connectivity index (χ4v) is 1.84. The largest absolute Gasteiger partial charge is 0.497 e. The number of hydrogen-bond acceptors (Lipinski definition) is 4. The van der Waals surface area contributed by atoms with Crippen molar-refractivity contribution < 1.29 is 4.74 Å². The third-order valence-corrected chi connectivity index (χ3v) is 3.12. The first-order valence-corrected chi connectivity index (χ1v) is 6.32. The summed E-state index contributed by atoms with van der Waals surface area (Å²) < 4.78 is 5.27. The zero-order valence-electron chi connectivity index (χ0n) is 11.8. The second kappa shape index (κ2) is 7.36. The molecule has 0 fully saturated rings. The molecule has 3 N–H and O–H groups in total. The van der Waals surface area contributed by atoms with Crippen molar-refractivity contribution in [2.45, 2.75) is 19.0 Å². The molecule has 0 bridgehead atoms. The molecule has 0 amide bonds. The van der Waals surface area contributed by atoms with Crippen LogP contribution < -0.4 is 15.8 Å². The molecule has 0 aliphatic rings. The summed E-state index contributed by atoms with van der Waals surface area (Å²) in [4.78, 5) is 2.20. The minimum atomic E-state index is 0.314. The highest BCUT2D eigenvalue weighted by Gasteiger charge is 2.15. The van der Waals surface area contributed by atoms with Crippen molar-refractivity contribution in [2.24, 2.45) is 5.73 Å². The third kappa shape index (κ3) is 4.29. The quantitative estimate of drug-likeness (QED) is 0.765. The summed E-state index contributed by atoms with van der Waals surface area (Å²) in [5.74, 6) is 0.895. The molecule has 102 valence electrons. The van der Waals surface area contributed by atoms with Gasteiger partial charge in [0.1, 0.15) is 5.75 Å². The van der Waals surface area contributed by atoms with Crippen molar-refractivity contribution in [3.05, 3.63) is 29.8 Å². The van der Waals surface area contributed by atoms with Gasteiger partial charge in [-0.25, -0.2) is 0 Å². The van der Waals surface area contributed by atoms with Crippen LogP contribution in [0.2, 0.25) is 0 Å². The first-order valence-electron chi connectivity index (χ1n) is 6.32. The van der Waals surface area contributed by atoms with E-state index in [0.717, 1.165) is 12.3 Å². The van der Waals surface area contributed by atoms with Crippen LogP contribution in [-0.2, 0) is 0 Å². The van der Waals surface area contributed by atoms with Gasteiger partial charge in [0.25, 0.3) is 0 Å². The van der Waals surface area contributed by atoms with Crippen molar-refractivity contribution in [2.75, 3.05) is 34.3 Å². The molecule has 0 aliphatic carbocycles. The van der Waals surface area contributed by atoms with Gasteiger partial charge < -0.3 is 20.7 Å². The van der Waals surface area contributed by atoms with Crippen molar-refractivity contribution in [1.29, 1.82) is 0 Å². The van der Waals surface area contributed by atoms with Crippen LogP contribution in [0, 0.1) is 0 Å². The lowest BCUT2D eigenvalue weighted by molar-refractivity contribution is 0.281. The van der Waals surface area contributed by atoms with E-state index in [9.17, 15) is 0 Å². The molecule has 0 heterocycles. The standard InChI is InChI=1S/C14H25N3O/c1-11(9-15)16-10-14(17(2)3)12-6-5-7-13(8-12)18-4/h5-8,11,14,16H,9-10,15H2,1-4H3. The van der Waals surface area contributed by atoms with E-state index < -0.39 is 0 Å². The highest BCUT2D eigenvalue weighted by Crippen LogP contribution is 2.22. The Hall–Kier alpha value is -1.10. The SMILES string of the molecule is COc1cccc(C(CNC(C)CN)N(C)C)c1. The molecule has 1 rings (SSSR count). The van der Waals surface area contributed by atoms with Gasteiger partial charge in [0, 0.05) is 25.2 Å². The van der Waals surface area contributed by atoms with E-state index in [1.807, 2.05) is 12.1 Å². The molecule has 0 spiro atoms. The minimum absolute atomic E-state index is 0.314. The van der Waals surface area contributed by atoms with Crippen molar-refractivity contribution in [3.8, 4) is 5.75 Å². The number of nitrogens with one attached hydrogen (secondary N) is 1. The fourth-order valence-electron chi connectivity index (χ4n) is 1.84. The monoisotopic (exact) mass is 251 g/mol. The van der Waals surface area contributed by atoms with Gasteiger partial charge in [0.05, 0.1) is 7.11 Å². The van der Waals surface area contributed by atoms with Gasteiger partial charge >= 0.3 is 0 Å². The summed E-state index contributed by atoms with van der Waals surface area (Å²) >= 11 is 0. The lowest BCUT2D eigenvalue weighted by Gasteiger charge is -2.27. The van der Waals surface area contributed by atoms with Gasteiger partial charge in [0.15, 0.2) is 0 Å². The van der Waals surface area contributed by atoms with Crippen LogP contribution in [0.15, 0.2) is 24.3 Å². The summed E-state index contributed by atoms with van der Waals surface area (Å²) in [6.45, 7) is 3.62. The van der Waals surface area contributed by atoms with E-state index in [0.29, 0.717) is 18.6 Å². The summed E-state index contributed by atoms with van der Waals surface area (Å²) in [6, 6.07) is 8.84. The van der Waals surface area contributed by atoms with Gasteiger partial charge in [0.2, 0.25) is 0 Å².